The van der Waals surface area contributed by atoms with E-state index in [4.69, 9.17) is 14.9 Å². The van der Waals surface area contributed by atoms with E-state index in [2.05, 4.69) is 5.32 Å². The van der Waals surface area contributed by atoms with Crippen LogP contribution in [-0.4, -0.2) is 32.4 Å². The van der Waals surface area contributed by atoms with Crippen molar-refractivity contribution >= 4 is 11.6 Å². The molecular formula is C21H24N2O3. The second-order valence-corrected chi connectivity index (χ2v) is 6.41. The summed E-state index contributed by atoms with van der Waals surface area (Å²) in [7, 11) is 3.20. The summed E-state index contributed by atoms with van der Waals surface area (Å²) in [5.74, 6) is 1.00. The standard InChI is InChI=1S/C21H24N2O3/c1-25-18-9-6-14(12-19(18)26-2)10-11-23-21(24)20(22)17-8-7-15-4-3-5-16(15)13-17/h6-9,12-13,22H,3-5,10-11H2,1-2H3,(H,23,24). The van der Waals surface area contributed by atoms with Gasteiger partial charge < -0.3 is 14.8 Å². The molecule has 26 heavy (non-hydrogen) atoms. The van der Waals surface area contributed by atoms with E-state index in [0.29, 0.717) is 30.0 Å². The second kappa shape index (κ2) is 8.04. The van der Waals surface area contributed by atoms with Crippen LogP contribution in [0.4, 0.5) is 0 Å². The molecule has 5 nitrogen and oxygen atoms in total. The number of fused-ring (bicyclic) bond motifs is 1. The van der Waals surface area contributed by atoms with E-state index in [1.54, 1.807) is 14.2 Å². The zero-order chi connectivity index (χ0) is 18.5. The maximum Gasteiger partial charge on any atom is 0.269 e. The molecule has 2 aromatic carbocycles. The quantitative estimate of drug-likeness (QED) is 0.753. The van der Waals surface area contributed by atoms with Crippen molar-refractivity contribution in [1.29, 1.82) is 5.41 Å². The highest BCUT2D eigenvalue weighted by atomic mass is 16.5. The van der Waals surface area contributed by atoms with Crippen LogP contribution in [0.25, 0.3) is 0 Å². The SMILES string of the molecule is COc1ccc(CCNC(=O)C(=N)c2ccc3c(c2)CCC3)cc1OC. The van der Waals surface area contributed by atoms with Crippen LogP contribution in [-0.2, 0) is 24.1 Å². The number of ether oxygens (including phenoxy) is 2. The van der Waals surface area contributed by atoms with Crippen molar-refractivity contribution in [2.75, 3.05) is 20.8 Å². The van der Waals surface area contributed by atoms with E-state index in [9.17, 15) is 4.79 Å². The summed E-state index contributed by atoms with van der Waals surface area (Å²) in [6.07, 6.45) is 3.95. The highest BCUT2D eigenvalue weighted by Gasteiger charge is 2.16. The molecule has 0 bridgehead atoms. The van der Waals surface area contributed by atoms with Crippen LogP contribution in [0.1, 0.15) is 28.7 Å². The molecule has 0 radical (unpaired) electrons. The number of aryl methyl sites for hydroxylation is 2. The van der Waals surface area contributed by atoms with E-state index < -0.39 is 0 Å². The Balaban J connectivity index is 1.56. The lowest BCUT2D eigenvalue weighted by Gasteiger charge is -2.11. The summed E-state index contributed by atoms with van der Waals surface area (Å²) in [4.78, 5) is 12.3. The van der Waals surface area contributed by atoms with Gasteiger partial charge in [0.05, 0.1) is 14.2 Å². The van der Waals surface area contributed by atoms with Crippen molar-refractivity contribution in [2.24, 2.45) is 0 Å². The number of carbonyl (C=O) groups is 1. The van der Waals surface area contributed by atoms with Gasteiger partial charge in [0, 0.05) is 12.1 Å². The molecule has 3 rings (SSSR count). The predicted molar refractivity (Wildman–Crippen MR) is 102 cm³/mol. The van der Waals surface area contributed by atoms with Crippen LogP contribution in [0.15, 0.2) is 36.4 Å². The zero-order valence-electron chi connectivity index (χ0n) is 15.2. The molecule has 1 aliphatic rings. The minimum Gasteiger partial charge on any atom is -0.493 e. The van der Waals surface area contributed by atoms with Crippen molar-refractivity contribution in [1.82, 2.24) is 5.32 Å². The second-order valence-electron chi connectivity index (χ2n) is 6.41. The lowest BCUT2D eigenvalue weighted by Crippen LogP contribution is -2.32. The van der Waals surface area contributed by atoms with Gasteiger partial charge in [-0.05, 0) is 60.6 Å². The molecule has 5 heteroatoms. The molecule has 2 aromatic rings. The van der Waals surface area contributed by atoms with E-state index >= 15 is 0 Å². The van der Waals surface area contributed by atoms with Crippen molar-refractivity contribution in [3.8, 4) is 11.5 Å². The minimum atomic E-state index is -0.344. The maximum absolute atomic E-state index is 12.3. The largest absolute Gasteiger partial charge is 0.493 e. The Morgan fingerprint density at radius 3 is 2.58 bits per heavy atom. The molecule has 0 saturated carbocycles. The lowest BCUT2D eigenvalue weighted by atomic mass is 10.0. The van der Waals surface area contributed by atoms with Crippen LogP contribution in [0.5, 0.6) is 11.5 Å². The Morgan fingerprint density at radius 2 is 1.81 bits per heavy atom. The summed E-state index contributed by atoms with van der Waals surface area (Å²) >= 11 is 0. The summed E-state index contributed by atoms with van der Waals surface area (Å²) in [6, 6.07) is 11.6. The highest BCUT2D eigenvalue weighted by Crippen LogP contribution is 2.27. The molecule has 2 N–H and O–H groups in total. The molecule has 0 aliphatic heterocycles. The van der Waals surface area contributed by atoms with Crippen molar-refractivity contribution < 1.29 is 14.3 Å². The predicted octanol–water partition coefficient (Wildman–Crippen LogP) is 2.92. The van der Waals surface area contributed by atoms with Crippen molar-refractivity contribution in [3.63, 3.8) is 0 Å². The van der Waals surface area contributed by atoms with Crippen LogP contribution in [0, 0.1) is 5.41 Å². The fourth-order valence-corrected chi connectivity index (χ4v) is 3.30. The Labute approximate surface area is 153 Å². The third-order valence-corrected chi connectivity index (χ3v) is 4.76. The molecule has 1 aliphatic carbocycles. The molecule has 0 atom stereocenters. The molecule has 0 heterocycles. The van der Waals surface area contributed by atoms with Crippen molar-refractivity contribution in [2.45, 2.75) is 25.7 Å². The third-order valence-electron chi connectivity index (χ3n) is 4.76. The van der Waals surface area contributed by atoms with Crippen LogP contribution in [0.2, 0.25) is 0 Å². The topological polar surface area (TPSA) is 71.4 Å². The first-order chi connectivity index (χ1) is 12.6. The van der Waals surface area contributed by atoms with E-state index in [1.165, 1.54) is 11.1 Å². The first-order valence-electron chi connectivity index (χ1n) is 8.82. The van der Waals surface area contributed by atoms with Gasteiger partial charge in [0.1, 0.15) is 5.71 Å². The molecule has 0 unspecified atom stereocenters. The van der Waals surface area contributed by atoms with Gasteiger partial charge in [-0.2, -0.15) is 0 Å². The first-order valence-corrected chi connectivity index (χ1v) is 8.82. The number of benzene rings is 2. The fraction of sp³-hybridized carbons (Fsp3) is 0.333. The highest BCUT2D eigenvalue weighted by molar-refractivity contribution is 6.44. The number of nitrogens with one attached hydrogen (secondary N) is 2. The fourth-order valence-electron chi connectivity index (χ4n) is 3.30. The van der Waals surface area contributed by atoms with Gasteiger partial charge in [-0.3, -0.25) is 10.2 Å². The summed E-state index contributed by atoms with van der Waals surface area (Å²) in [6.45, 7) is 0.460. The van der Waals surface area contributed by atoms with Gasteiger partial charge in [-0.15, -0.1) is 0 Å². The first kappa shape index (κ1) is 18.0. The van der Waals surface area contributed by atoms with Crippen molar-refractivity contribution in [3.05, 3.63) is 58.7 Å². The van der Waals surface area contributed by atoms with Gasteiger partial charge in [-0.25, -0.2) is 0 Å². The van der Waals surface area contributed by atoms with Crippen LogP contribution < -0.4 is 14.8 Å². The number of methoxy groups -OCH3 is 2. The monoisotopic (exact) mass is 352 g/mol. The minimum absolute atomic E-state index is 0.0204. The molecule has 136 valence electrons. The summed E-state index contributed by atoms with van der Waals surface area (Å²) < 4.78 is 10.5. The van der Waals surface area contributed by atoms with E-state index in [0.717, 1.165) is 24.8 Å². The summed E-state index contributed by atoms with van der Waals surface area (Å²) in [5, 5.41) is 11.0. The number of rotatable bonds is 7. The smallest absolute Gasteiger partial charge is 0.269 e. The molecule has 0 saturated heterocycles. The molecular weight excluding hydrogens is 328 g/mol. The Morgan fingerprint density at radius 1 is 1.04 bits per heavy atom. The van der Waals surface area contributed by atoms with Crippen LogP contribution in [0.3, 0.4) is 0 Å². The summed E-state index contributed by atoms with van der Waals surface area (Å²) in [5.41, 5.74) is 4.36. The Kier molecular flexibility index (Phi) is 5.56. The van der Waals surface area contributed by atoms with E-state index in [-0.39, 0.29) is 11.6 Å². The average Bonchev–Trinajstić information content (AvgIpc) is 3.14. The van der Waals surface area contributed by atoms with Gasteiger partial charge in [0.25, 0.3) is 5.91 Å². The lowest BCUT2D eigenvalue weighted by molar-refractivity contribution is -0.114. The normalized spacial score (nSPS) is 12.4. The third kappa shape index (κ3) is 3.87. The Bertz CT molecular complexity index is 830. The molecule has 1 amide bonds. The number of carbonyl (C=O) groups excluding carboxylic acids is 1. The van der Waals surface area contributed by atoms with Gasteiger partial charge >= 0.3 is 0 Å². The average molecular weight is 352 g/mol. The molecule has 0 fully saturated rings. The van der Waals surface area contributed by atoms with Crippen LogP contribution >= 0.6 is 0 Å². The molecule has 0 aromatic heterocycles. The number of amides is 1. The van der Waals surface area contributed by atoms with Gasteiger partial charge in [-0.1, -0.05) is 18.2 Å². The van der Waals surface area contributed by atoms with E-state index in [1.807, 2.05) is 36.4 Å². The maximum atomic E-state index is 12.3. The molecule has 0 spiro atoms. The van der Waals surface area contributed by atoms with Gasteiger partial charge in [0.15, 0.2) is 11.5 Å². The number of hydrogen-bond acceptors (Lipinski definition) is 4. The zero-order valence-corrected chi connectivity index (χ0v) is 15.2. The number of hydrogen-bond donors (Lipinski definition) is 2. The van der Waals surface area contributed by atoms with Gasteiger partial charge in [0.2, 0.25) is 0 Å². The Hall–Kier alpha value is -2.82.